The van der Waals surface area contributed by atoms with E-state index in [1.165, 1.54) is 16.8 Å². The van der Waals surface area contributed by atoms with Crippen molar-refractivity contribution in [2.45, 2.75) is 19.1 Å². The Labute approximate surface area is 128 Å². The molecule has 0 radical (unpaired) electrons. The largest absolute Gasteiger partial charge is 0.366 e. The predicted molar refractivity (Wildman–Crippen MR) is 88.3 cm³/mol. The second-order valence-corrected chi connectivity index (χ2v) is 7.19. The minimum atomic E-state index is -0.236. The molecule has 3 nitrogen and oxygen atoms in total. The molecular formula is C13H18N2OS3. The minimum Gasteiger partial charge on any atom is -0.366 e. The number of allylic oxidation sites excluding steroid dienone is 1. The third-order valence-electron chi connectivity index (χ3n) is 3.20. The van der Waals surface area contributed by atoms with E-state index in [-0.39, 0.29) is 11.2 Å². The van der Waals surface area contributed by atoms with E-state index >= 15 is 0 Å². The van der Waals surface area contributed by atoms with E-state index in [4.69, 9.17) is 12.2 Å². The van der Waals surface area contributed by atoms with Crippen LogP contribution in [-0.2, 0) is 4.79 Å². The summed E-state index contributed by atoms with van der Waals surface area (Å²) in [6.07, 6.45) is 2.05. The quantitative estimate of drug-likeness (QED) is 0.743. The molecule has 2 saturated heterocycles. The minimum absolute atomic E-state index is 0.0744. The molecule has 0 aromatic rings. The molecule has 2 fully saturated rings. The van der Waals surface area contributed by atoms with Gasteiger partial charge in [0.05, 0.1) is 5.03 Å². The van der Waals surface area contributed by atoms with E-state index in [2.05, 4.69) is 24.5 Å². The molecule has 2 aliphatic rings. The highest BCUT2D eigenvalue weighted by atomic mass is 32.2. The Morgan fingerprint density at radius 2 is 2.26 bits per heavy atom. The molecular weight excluding hydrogens is 296 g/mol. The van der Waals surface area contributed by atoms with Crippen LogP contribution in [0.15, 0.2) is 23.3 Å². The molecule has 1 atom stereocenters. The van der Waals surface area contributed by atoms with E-state index in [1.54, 1.807) is 4.90 Å². The van der Waals surface area contributed by atoms with E-state index in [9.17, 15) is 4.79 Å². The van der Waals surface area contributed by atoms with E-state index in [0.717, 1.165) is 24.4 Å². The fourth-order valence-electron chi connectivity index (χ4n) is 2.11. The van der Waals surface area contributed by atoms with Gasteiger partial charge in [0.2, 0.25) is 5.91 Å². The van der Waals surface area contributed by atoms with Gasteiger partial charge < -0.3 is 4.90 Å². The molecule has 2 heterocycles. The number of rotatable bonds is 4. The number of carbonyl (C=O) groups excluding carboxylic acids is 1. The highest BCUT2D eigenvalue weighted by Gasteiger charge is 2.37. The van der Waals surface area contributed by atoms with Crippen molar-refractivity contribution in [3.8, 4) is 0 Å². The molecule has 19 heavy (non-hydrogen) atoms. The average molecular weight is 315 g/mol. The summed E-state index contributed by atoms with van der Waals surface area (Å²) >= 11 is 8.50. The fraction of sp³-hybridized carbons (Fsp3) is 0.538. The average Bonchev–Trinajstić information content (AvgIpc) is 2.94. The van der Waals surface area contributed by atoms with E-state index in [1.807, 2.05) is 18.7 Å². The van der Waals surface area contributed by atoms with Gasteiger partial charge in [-0.25, -0.2) is 0 Å². The lowest BCUT2D eigenvalue weighted by Crippen LogP contribution is -2.31. The Balaban J connectivity index is 2.11. The molecule has 1 unspecified atom stereocenters. The van der Waals surface area contributed by atoms with Crippen LogP contribution in [0, 0.1) is 0 Å². The highest BCUT2D eigenvalue weighted by Crippen LogP contribution is 2.35. The van der Waals surface area contributed by atoms with E-state index < -0.39 is 0 Å². The first kappa shape index (κ1) is 14.9. The highest BCUT2D eigenvalue weighted by molar-refractivity contribution is 8.24. The fourth-order valence-corrected chi connectivity index (χ4v) is 4.77. The first-order valence-electron chi connectivity index (χ1n) is 6.38. The van der Waals surface area contributed by atoms with E-state index in [0.29, 0.717) is 10.9 Å². The van der Waals surface area contributed by atoms with Crippen LogP contribution in [0.25, 0.3) is 0 Å². The summed E-state index contributed by atoms with van der Waals surface area (Å²) in [6.45, 7) is 10.9. The molecule has 0 saturated carbocycles. The Hall–Kier alpha value is -0.460. The van der Waals surface area contributed by atoms with Crippen LogP contribution in [0.3, 0.4) is 0 Å². The standard InChI is InChI=1S/C13H18N2OS3/c1-4-14-6-7-18-10(14)8-9(3)11-12(16)15(5-2)13(17)19-11/h8,11H,3-7H2,1-2H3/b10-8-. The van der Waals surface area contributed by atoms with Crippen LogP contribution >= 0.6 is 35.7 Å². The summed E-state index contributed by atoms with van der Waals surface area (Å²) in [4.78, 5) is 16.2. The third-order valence-corrected chi connectivity index (χ3v) is 5.93. The predicted octanol–water partition coefficient (Wildman–Crippen LogP) is 2.70. The first-order chi connectivity index (χ1) is 9.08. The molecule has 0 aliphatic carbocycles. The Kier molecular flexibility index (Phi) is 4.97. The Morgan fingerprint density at radius 1 is 1.53 bits per heavy atom. The van der Waals surface area contributed by atoms with Crippen molar-refractivity contribution < 1.29 is 4.79 Å². The molecule has 104 valence electrons. The lowest BCUT2D eigenvalue weighted by molar-refractivity contribution is -0.125. The summed E-state index contributed by atoms with van der Waals surface area (Å²) in [5, 5.41) is 0.988. The Bertz CT molecular complexity index is 447. The molecule has 2 rings (SSSR count). The summed E-state index contributed by atoms with van der Waals surface area (Å²) in [7, 11) is 0. The molecule has 0 N–H and O–H groups in total. The summed E-state index contributed by atoms with van der Waals surface area (Å²) in [6, 6.07) is 0. The lowest BCUT2D eigenvalue weighted by atomic mass is 10.2. The van der Waals surface area contributed by atoms with Gasteiger partial charge in [0.1, 0.15) is 9.57 Å². The van der Waals surface area contributed by atoms with Crippen LogP contribution in [0.1, 0.15) is 13.8 Å². The Morgan fingerprint density at radius 3 is 2.84 bits per heavy atom. The molecule has 0 aromatic heterocycles. The number of carbonyl (C=O) groups is 1. The van der Waals surface area contributed by atoms with Gasteiger partial charge >= 0.3 is 0 Å². The first-order valence-corrected chi connectivity index (χ1v) is 8.66. The van der Waals surface area contributed by atoms with Crippen molar-refractivity contribution in [2.75, 3.05) is 25.4 Å². The van der Waals surface area contributed by atoms with Crippen molar-refractivity contribution in [3.63, 3.8) is 0 Å². The number of amides is 1. The van der Waals surface area contributed by atoms with Gasteiger partial charge in [0, 0.05) is 25.4 Å². The van der Waals surface area contributed by atoms with Crippen molar-refractivity contribution in [2.24, 2.45) is 0 Å². The maximum absolute atomic E-state index is 12.2. The zero-order chi connectivity index (χ0) is 14.0. The molecule has 6 heteroatoms. The summed E-state index contributed by atoms with van der Waals surface area (Å²) in [5.41, 5.74) is 0.858. The maximum Gasteiger partial charge on any atom is 0.246 e. The van der Waals surface area contributed by atoms with Crippen molar-refractivity contribution in [1.29, 1.82) is 0 Å². The summed E-state index contributed by atoms with van der Waals surface area (Å²) in [5.74, 6) is 1.18. The normalized spacial score (nSPS) is 25.8. The zero-order valence-electron chi connectivity index (χ0n) is 11.2. The van der Waals surface area contributed by atoms with Gasteiger partial charge in [0.25, 0.3) is 0 Å². The van der Waals surface area contributed by atoms with Crippen molar-refractivity contribution in [1.82, 2.24) is 9.80 Å². The monoisotopic (exact) mass is 314 g/mol. The second kappa shape index (κ2) is 6.33. The van der Waals surface area contributed by atoms with Gasteiger partial charge in [-0.05, 0) is 25.5 Å². The lowest BCUT2D eigenvalue weighted by Gasteiger charge is -2.17. The van der Waals surface area contributed by atoms with Crippen LogP contribution in [0.5, 0.6) is 0 Å². The third kappa shape index (κ3) is 3.01. The molecule has 1 amide bonds. The van der Waals surface area contributed by atoms with Crippen LogP contribution in [-0.4, -0.2) is 50.7 Å². The molecule has 0 aromatic carbocycles. The van der Waals surface area contributed by atoms with Gasteiger partial charge in [0.15, 0.2) is 0 Å². The second-order valence-electron chi connectivity index (χ2n) is 4.33. The zero-order valence-corrected chi connectivity index (χ0v) is 13.7. The number of thiocarbonyl (C=S) groups is 1. The van der Waals surface area contributed by atoms with Crippen LogP contribution in [0.4, 0.5) is 0 Å². The van der Waals surface area contributed by atoms with Gasteiger partial charge in [-0.2, -0.15) is 0 Å². The van der Waals surface area contributed by atoms with Gasteiger partial charge in [-0.15, -0.1) is 11.8 Å². The maximum atomic E-state index is 12.2. The number of thioether (sulfide) groups is 2. The number of hydrogen-bond donors (Lipinski definition) is 0. The van der Waals surface area contributed by atoms with Gasteiger partial charge in [-0.3, -0.25) is 9.69 Å². The SMILES string of the molecule is C=C(/C=C1\SCCN1CC)C1SC(=S)N(CC)C1=O. The molecule has 0 bridgehead atoms. The molecule has 2 aliphatic heterocycles. The number of hydrogen-bond acceptors (Lipinski definition) is 5. The van der Waals surface area contributed by atoms with Crippen LogP contribution in [0.2, 0.25) is 0 Å². The molecule has 0 spiro atoms. The smallest absolute Gasteiger partial charge is 0.246 e. The van der Waals surface area contributed by atoms with Crippen LogP contribution < -0.4 is 0 Å². The van der Waals surface area contributed by atoms with Gasteiger partial charge in [-0.1, -0.05) is 30.6 Å². The van der Waals surface area contributed by atoms with Crippen molar-refractivity contribution in [3.05, 3.63) is 23.3 Å². The number of nitrogens with zero attached hydrogens (tertiary/aromatic N) is 2. The topological polar surface area (TPSA) is 23.6 Å². The van der Waals surface area contributed by atoms with Crippen molar-refractivity contribution >= 4 is 46.0 Å². The summed E-state index contributed by atoms with van der Waals surface area (Å²) < 4.78 is 0.670.